The molecule has 0 bridgehead atoms. The standard InChI is InChI=1S/C22H25F3N2O3/c1-16(22(23,24)25)30-21(28)27-12-10-26(11-13-27)15-19-9-8-18(14-20(19)29-2)17-6-4-3-5-7-17/h3-9,14,16H,10-13,15H2,1-2H3. The molecule has 1 amide bonds. The summed E-state index contributed by atoms with van der Waals surface area (Å²) >= 11 is 0. The predicted molar refractivity (Wildman–Crippen MR) is 107 cm³/mol. The Morgan fingerprint density at radius 1 is 1.03 bits per heavy atom. The highest BCUT2D eigenvalue weighted by molar-refractivity contribution is 5.68. The summed E-state index contributed by atoms with van der Waals surface area (Å²) in [5.74, 6) is 0.775. The number of amides is 1. The summed E-state index contributed by atoms with van der Waals surface area (Å²) in [6.07, 6.45) is -7.60. The zero-order chi connectivity index (χ0) is 21.7. The average molecular weight is 422 g/mol. The number of carbonyl (C=O) groups is 1. The van der Waals surface area contributed by atoms with Crippen molar-refractivity contribution in [2.45, 2.75) is 25.7 Å². The molecule has 0 N–H and O–H groups in total. The zero-order valence-corrected chi connectivity index (χ0v) is 17.0. The molecule has 1 fully saturated rings. The van der Waals surface area contributed by atoms with Crippen LogP contribution in [0.15, 0.2) is 48.5 Å². The molecule has 30 heavy (non-hydrogen) atoms. The maximum atomic E-state index is 12.6. The van der Waals surface area contributed by atoms with Crippen LogP contribution in [0.4, 0.5) is 18.0 Å². The molecule has 0 saturated carbocycles. The Morgan fingerprint density at radius 3 is 2.30 bits per heavy atom. The minimum Gasteiger partial charge on any atom is -0.496 e. The Hall–Kier alpha value is -2.74. The minimum absolute atomic E-state index is 0.313. The summed E-state index contributed by atoms with van der Waals surface area (Å²) in [6, 6.07) is 16.1. The summed E-state index contributed by atoms with van der Waals surface area (Å²) in [5.41, 5.74) is 3.17. The number of alkyl halides is 3. The lowest BCUT2D eigenvalue weighted by Gasteiger charge is -2.35. The molecule has 1 aliphatic rings. The average Bonchev–Trinajstić information content (AvgIpc) is 2.74. The van der Waals surface area contributed by atoms with Crippen molar-refractivity contribution in [2.24, 2.45) is 0 Å². The van der Waals surface area contributed by atoms with E-state index in [9.17, 15) is 18.0 Å². The monoisotopic (exact) mass is 422 g/mol. The van der Waals surface area contributed by atoms with Gasteiger partial charge in [-0.15, -0.1) is 0 Å². The van der Waals surface area contributed by atoms with Gasteiger partial charge in [0.25, 0.3) is 0 Å². The van der Waals surface area contributed by atoms with Crippen LogP contribution in [0.3, 0.4) is 0 Å². The number of nitrogens with zero attached hydrogens (tertiary/aromatic N) is 2. The molecule has 2 aromatic rings. The van der Waals surface area contributed by atoms with Gasteiger partial charge >= 0.3 is 12.3 Å². The predicted octanol–water partition coefficient (Wildman–Crippen LogP) is 4.57. The van der Waals surface area contributed by atoms with Crippen LogP contribution in [0.5, 0.6) is 5.75 Å². The number of benzene rings is 2. The van der Waals surface area contributed by atoms with Crippen molar-refractivity contribution in [1.29, 1.82) is 0 Å². The fourth-order valence-corrected chi connectivity index (χ4v) is 3.31. The summed E-state index contributed by atoms with van der Waals surface area (Å²) < 4.78 is 47.8. The Kier molecular flexibility index (Phi) is 6.87. The number of hydrogen-bond acceptors (Lipinski definition) is 4. The highest BCUT2D eigenvalue weighted by Crippen LogP contribution is 2.28. The van der Waals surface area contributed by atoms with E-state index in [2.05, 4.69) is 9.64 Å². The fraction of sp³-hybridized carbons (Fsp3) is 0.409. The molecule has 5 nitrogen and oxygen atoms in total. The van der Waals surface area contributed by atoms with Crippen LogP contribution >= 0.6 is 0 Å². The molecule has 0 radical (unpaired) electrons. The third-order valence-electron chi connectivity index (χ3n) is 5.16. The summed E-state index contributed by atoms with van der Waals surface area (Å²) in [4.78, 5) is 15.4. The van der Waals surface area contributed by atoms with Gasteiger partial charge in [-0.05, 0) is 24.1 Å². The molecule has 1 aliphatic heterocycles. The second-order valence-electron chi connectivity index (χ2n) is 7.22. The van der Waals surface area contributed by atoms with Crippen molar-refractivity contribution >= 4 is 6.09 Å². The lowest BCUT2D eigenvalue weighted by Crippen LogP contribution is -2.49. The highest BCUT2D eigenvalue weighted by atomic mass is 19.4. The molecular weight excluding hydrogens is 397 g/mol. The normalized spacial score (nSPS) is 16.2. The number of methoxy groups -OCH3 is 1. The van der Waals surface area contributed by atoms with Gasteiger partial charge in [-0.3, -0.25) is 4.90 Å². The van der Waals surface area contributed by atoms with Crippen molar-refractivity contribution in [3.05, 3.63) is 54.1 Å². The van der Waals surface area contributed by atoms with Gasteiger partial charge < -0.3 is 14.4 Å². The maximum Gasteiger partial charge on any atom is 0.425 e. The van der Waals surface area contributed by atoms with Crippen molar-refractivity contribution in [2.75, 3.05) is 33.3 Å². The molecule has 1 atom stereocenters. The maximum absolute atomic E-state index is 12.6. The first-order chi connectivity index (χ1) is 14.3. The molecule has 162 valence electrons. The van der Waals surface area contributed by atoms with Crippen LogP contribution in [0, 0.1) is 0 Å². The molecule has 0 aromatic heterocycles. The van der Waals surface area contributed by atoms with Crippen molar-refractivity contribution in [3.8, 4) is 16.9 Å². The van der Waals surface area contributed by atoms with E-state index < -0.39 is 18.4 Å². The van der Waals surface area contributed by atoms with Crippen LogP contribution in [-0.4, -0.2) is 61.5 Å². The fourth-order valence-electron chi connectivity index (χ4n) is 3.31. The lowest BCUT2D eigenvalue weighted by atomic mass is 10.0. The number of carbonyl (C=O) groups excluding carboxylic acids is 1. The van der Waals surface area contributed by atoms with E-state index >= 15 is 0 Å². The summed E-state index contributed by atoms with van der Waals surface area (Å²) in [5, 5.41) is 0. The van der Waals surface area contributed by atoms with Gasteiger partial charge in [0.1, 0.15) is 5.75 Å². The van der Waals surface area contributed by atoms with Crippen LogP contribution in [-0.2, 0) is 11.3 Å². The first-order valence-electron chi connectivity index (χ1n) is 9.75. The van der Waals surface area contributed by atoms with Crippen LogP contribution < -0.4 is 4.74 Å². The van der Waals surface area contributed by atoms with Gasteiger partial charge in [0, 0.05) is 38.3 Å². The van der Waals surface area contributed by atoms with Gasteiger partial charge in [0.05, 0.1) is 7.11 Å². The summed E-state index contributed by atoms with van der Waals surface area (Å²) in [6.45, 7) is 3.17. The molecule has 2 aromatic carbocycles. The van der Waals surface area contributed by atoms with E-state index in [1.54, 1.807) is 7.11 Å². The quantitative estimate of drug-likeness (QED) is 0.708. The van der Waals surface area contributed by atoms with Crippen molar-refractivity contribution in [1.82, 2.24) is 9.80 Å². The van der Waals surface area contributed by atoms with Crippen molar-refractivity contribution in [3.63, 3.8) is 0 Å². The van der Waals surface area contributed by atoms with Gasteiger partial charge in [-0.25, -0.2) is 4.79 Å². The smallest absolute Gasteiger partial charge is 0.425 e. The molecule has 1 saturated heterocycles. The molecule has 1 unspecified atom stereocenters. The van der Waals surface area contributed by atoms with Gasteiger partial charge in [-0.2, -0.15) is 13.2 Å². The van der Waals surface area contributed by atoms with Gasteiger partial charge in [-0.1, -0.05) is 42.5 Å². The number of piperazine rings is 1. The van der Waals surface area contributed by atoms with Crippen LogP contribution in [0.1, 0.15) is 12.5 Å². The van der Waals surface area contributed by atoms with E-state index in [4.69, 9.17) is 4.74 Å². The van der Waals surface area contributed by atoms with Crippen LogP contribution in [0.25, 0.3) is 11.1 Å². The van der Waals surface area contributed by atoms with E-state index in [1.165, 1.54) is 4.90 Å². The number of ether oxygens (including phenoxy) is 2. The zero-order valence-electron chi connectivity index (χ0n) is 17.0. The molecular formula is C22H25F3N2O3. The van der Waals surface area contributed by atoms with Crippen LogP contribution in [0.2, 0.25) is 0 Å². The van der Waals surface area contributed by atoms with Crippen molar-refractivity contribution < 1.29 is 27.4 Å². The second kappa shape index (κ2) is 9.38. The first kappa shape index (κ1) is 22.0. The molecule has 1 heterocycles. The minimum atomic E-state index is -4.56. The number of hydrogen-bond donors (Lipinski definition) is 0. The van der Waals surface area contributed by atoms with E-state index in [0.717, 1.165) is 29.4 Å². The Balaban J connectivity index is 1.58. The Labute approximate surface area is 174 Å². The number of halogens is 3. The highest BCUT2D eigenvalue weighted by Gasteiger charge is 2.40. The topological polar surface area (TPSA) is 42.0 Å². The first-order valence-corrected chi connectivity index (χ1v) is 9.75. The molecule has 0 aliphatic carbocycles. The van der Waals surface area contributed by atoms with E-state index in [-0.39, 0.29) is 0 Å². The lowest BCUT2D eigenvalue weighted by molar-refractivity contribution is -0.200. The van der Waals surface area contributed by atoms with E-state index in [0.29, 0.717) is 32.7 Å². The molecule has 8 heteroatoms. The Bertz CT molecular complexity index is 850. The Morgan fingerprint density at radius 2 is 1.70 bits per heavy atom. The van der Waals surface area contributed by atoms with Gasteiger partial charge in [0.2, 0.25) is 0 Å². The second-order valence-corrected chi connectivity index (χ2v) is 7.22. The molecule has 0 spiro atoms. The third kappa shape index (κ3) is 5.44. The van der Waals surface area contributed by atoms with E-state index in [1.807, 2.05) is 48.5 Å². The SMILES string of the molecule is COc1cc(-c2ccccc2)ccc1CN1CCN(C(=O)OC(C)C(F)(F)F)CC1. The largest absolute Gasteiger partial charge is 0.496 e. The van der Waals surface area contributed by atoms with Gasteiger partial charge in [0.15, 0.2) is 6.10 Å². The molecule has 3 rings (SSSR count). The third-order valence-corrected chi connectivity index (χ3v) is 5.16. The number of rotatable bonds is 5. The summed E-state index contributed by atoms with van der Waals surface area (Å²) in [7, 11) is 1.63.